The van der Waals surface area contributed by atoms with Crippen molar-refractivity contribution in [1.29, 1.82) is 0 Å². The van der Waals surface area contributed by atoms with Gasteiger partial charge in [0.25, 0.3) is 0 Å². The van der Waals surface area contributed by atoms with Gasteiger partial charge in [0.05, 0.1) is 5.60 Å². The molecule has 0 fully saturated rings. The third-order valence-electron chi connectivity index (χ3n) is 3.92. The number of nitrogens with one attached hydrogen (secondary N) is 1. The molecule has 120 valence electrons. The monoisotopic (exact) mass is 299 g/mol. The molecule has 1 aromatic carbocycles. The molecule has 0 bridgehead atoms. The second kappa shape index (κ2) is 8.44. The summed E-state index contributed by atoms with van der Waals surface area (Å²) in [6.07, 6.45) is 2.37. The van der Waals surface area contributed by atoms with Crippen LogP contribution in [0.3, 0.4) is 0 Å². The maximum absolute atomic E-state index is 13.4. The summed E-state index contributed by atoms with van der Waals surface area (Å²) < 4.78 is 32.7. The summed E-state index contributed by atoms with van der Waals surface area (Å²) in [7, 11) is 0. The van der Waals surface area contributed by atoms with Gasteiger partial charge in [-0.2, -0.15) is 0 Å². The average molecular weight is 299 g/mol. The third-order valence-corrected chi connectivity index (χ3v) is 3.92. The van der Waals surface area contributed by atoms with Crippen LogP contribution in [-0.4, -0.2) is 24.8 Å². The molecule has 0 aromatic heterocycles. The normalized spacial score (nSPS) is 15.7. The molecule has 0 heterocycles. The molecule has 1 aromatic rings. The minimum Gasteiger partial charge on any atom is -0.374 e. The molecule has 21 heavy (non-hydrogen) atoms. The van der Waals surface area contributed by atoms with Crippen LogP contribution in [0.25, 0.3) is 0 Å². The van der Waals surface area contributed by atoms with Gasteiger partial charge >= 0.3 is 0 Å². The van der Waals surface area contributed by atoms with E-state index in [-0.39, 0.29) is 11.6 Å². The maximum Gasteiger partial charge on any atom is 0.126 e. The highest BCUT2D eigenvalue weighted by atomic mass is 19.1. The molecule has 0 amide bonds. The van der Waals surface area contributed by atoms with E-state index >= 15 is 0 Å². The van der Waals surface area contributed by atoms with E-state index in [1.54, 1.807) is 0 Å². The predicted octanol–water partition coefficient (Wildman–Crippen LogP) is 4.08. The van der Waals surface area contributed by atoms with Crippen LogP contribution in [0.1, 0.15) is 46.1 Å². The highest BCUT2D eigenvalue weighted by molar-refractivity contribution is 5.20. The Morgan fingerprint density at radius 1 is 1.14 bits per heavy atom. The lowest BCUT2D eigenvalue weighted by atomic mass is 9.88. The first kappa shape index (κ1) is 18.1. The Kier molecular flexibility index (Phi) is 7.26. The quantitative estimate of drug-likeness (QED) is 0.742. The Bertz CT molecular complexity index is 419. The molecule has 0 saturated heterocycles. The minimum atomic E-state index is -0.533. The standard InChI is InChI=1S/C17H27F2NO/c1-5-8-20-16(17(4,6-2)21-7-3)11-13-9-14(18)12-15(19)10-13/h9-10,12,16,20H,5-8,11H2,1-4H3. The lowest BCUT2D eigenvalue weighted by molar-refractivity contribution is -0.0550. The highest BCUT2D eigenvalue weighted by Crippen LogP contribution is 2.24. The van der Waals surface area contributed by atoms with Crippen LogP contribution in [0.5, 0.6) is 0 Å². The number of rotatable bonds is 9. The fourth-order valence-corrected chi connectivity index (χ4v) is 2.57. The molecular formula is C17H27F2NO. The van der Waals surface area contributed by atoms with Crippen LogP contribution < -0.4 is 5.32 Å². The van der Waals surface area contributed by atoms with Crippen molar-refractivity contribution in [2.45, 2.75) is 58.6 Å². The summed E-state index contributed by atoms with van der Waals surface area (Å²) in [4.78, 5) is 0. The summed E-state index contributed by atoms with van der Waals surface area (Å²) in [5.41, 5.74) is 0.299. The summed E-state index contributed by atoms with van der Waals surface area (Å²) >= 11 is 0. The molecule has 0 radical (unpaired) electrons. The molecule has 2 unspecified atom stereocenters. The molecule has 0 aliphatic rings. The van der Waals surface area contributed by atoms with Crippen LogP contribution in [0.15, 0.2) is 18.2 Å². The van der Waals surface area contributed by atoms with Gasteiger partial charge in [0.1, 0.15) is 11.6 Å². The van der Waals surface area contributed by atoms with Crippen molar-refractivity contribution in [2.24, 2.45) is 0 Å². The van der Waals surface area contributed by atoms with Crippen molar-refractivity contribution in [1.82, 2.24) is 5.32 Å². The Labute approximate surface area is 126 Å². The molecule has 0 saturated carbocycles. The first-order valence-corrected chi connectivity index (χ1v) is 7.77. The fraction of sp³-hybridized carbons (Fsp3) is 0.647. The Hall–Kier alpha value is -1.00. The average Bonchev–Trinajstić information content (AvgIpc) is 2.42. The lowest BCUT2D eigenvalue weighted by Crippen LogP contribution is -2.51. The summed E-state index contributed by atoms with van der Waals surface area (Å²) in [6, 6.07) is 3.71. The zero-order valence-electron chi connectivity index (χ0n) is 13.5. The summed E-state index contributed by atoms with van der Waals surface area (Å²) in [6.45, 7) is 9.65. The molecule has 2 nitrogen and oxygen atoms in total. The van der Waals surface area contributed by atoms with Crippen LogP contribution in [0, 0.1) is 11.6 Å². The molecular weight excluding hydrogens is 272 g/mol. The van der Waals surface area contributed by atoms with E-state index in [2.05, 4.69) is 26.1 Å². The molecule has 1 rings (SSSR count). The summed E-state index contributed by atoms with van der Waals surface area (Å²) in [5, 5.41) is 3.46. The van der Waals surface area contributed by atoms with Gasteiger partial charge < -0.3 is 10.1 Å². The highest BCUT2D eigenvalue weighted by Gasteiger charge is 2.33. The second-order valence-electron chi connectivity index (χ2n) is 5.59. The SMILES string of the molecule is CCCNC(Cc1cc(F)cc(F)c1)C(C)(CC)OCC. The van der Waals surface area contributed by atoms with E-state index in [0.717, 1.165) is 25.5 Å². The van der Waals surface area contributed by atoms with E-state index in [4.69, 9.17) is 4.74 Å². The van der Waals surface area contributed by atoms with Gasteiger partial charge in [-0.3, -0.25) is 0 Å². The van der Waals surface area contributed by atoms with E-state index in [0.29, 0.717) is 18.6 Å². The number of halogens is 2. The van der Waals surface area contributed by atoms with Crippen LogP contribution in [0.4, 0.5) is 8.78 Å². The van der Waals surface area contributed by atoms with Crippen molar-refractivity contribution >= 4 is 0 Å². The van der Waals surface area contributed by atoms with Crippen LogP contribution in [0.2, 0.25) is 0 Å². The molecule has 0 aliphatic heterocycles. The van der Waals surface area contributed by atoms with Crippen molar-refractivity contribution in [3.63, 3.8) is 0 Å². The maximum atomic E-state index is 13.4. The van der Waals surface area contributed by atoms with Crippen molar-refractivity contribution in [3.8, 4) is 0 Å². The fourth-order valence-electron chi connectivity index (χ4n) is 2.57. The number of benzene rings is 1. The van der Waals surface area contributed by atoms with Crippen molar-refractivity contribution < 1.29 is 13.5 Å². The third kappa shape index (κ3) is 5.36. The number of ether oxygens (including phenoxy) is 1. The molecule has 0 aliphatic carbocycles. The Morgan fingerprint density at radius 2 is 1.76 bits per heavy atom. The van der Waals surface area contributed by atoms with Gasteiger partial charge in [0.15, 0.2) is 0 Å². The number of hydrogen-bond donors (Lipinski definition) is 1. The van der Waals surface area contributed by atoms with E-state index in [9.17, 15) is 8.78 Å². The van der Waals surface area contributed by atoms with Crippen molar-refractivity contribution in [2.75, 3.05) is 13.2 Å². The minimum absolute atomic E-state index is 0.0172. The van der Waals surface area contributed by atoms with Crippen LogP contribution >= 0.6 is 0 Å². The van der Waals surface area contributed by atoms with Crippen molar-refractivity contribution in [3.05, 3.63) is 35.4 Å². The predicted molar refractivity (Wildman–Crippen MR) is 82.5 cm³/mol. The Balaban J connectivity index is 2.95. The van der Waals surface area contributed by atoms with Crippen LogP contribution in [-0.2, 0) is 11.2 Å². The van der Waals surface area contributed by atoms with Gasteiger partial charge in [-0.25, -0.2) is 8.78 Å². The van der Waals surface area contributed by atoms with Gasteiger partial charge in [-0.05, 0) is 57.4 Å². The van der Waals surface area contributed by atoms with E-state index in [1.165, 1.54) is 12.1 Å². The zero-order valence-corrected chi connectivity index (χ0v) is 13.5. The summed E-state index contributed by atoms with van der Waals surface area (Å²) in [5.74, 6) is -1.07. The van der Waals surface area contributed by atoms with Gasteiger partial charge in [-0.1, -0.05) is 13.8 Å². The first-order valence-electron chi connectivity index (χ1n) is 7.77. The molecule has 4 heteroatoms. The van der Waals surface area contributed by atoms with Gasteiger partial charge in [0.2, 0.25) is 0 Å². The molecule has 1 N–H and O–H groups in total. The smallest absolute Gasteiger partial charge is 0.126 e. The number of hydrogen-bond acceptors (Lipinski definition) is 2. The Morgan fingerprint density at radius 3 is 2.24 bits per heavy atom. The van der Waals surface area contributed by atoms with Gasteiger partial charge in [0, 0.05) is 18.7 Å². The topological polar surface area (TPSA) is 21.3 Å². The second-order valence-corrected chi connectivity index (χ2v) is 5.59. The molecule has 0 spiro atoms. The van der Waals surface area contributed by atoms with E-state index in [1.807, 2.05) is 6.92 Å². The van der Waals surface area contributed by atoms with Gasteiger partial charge in [-0.15, -0.1) is 0 Å². The van der Waals surface area contributed by atoms with E-state index < -0.39 is 11.6 Å². The largest absolute Gasteiger partial charge is 0.374 e. The first-order chi connectivity index (χ1) is 9.95. The zero-order chi connectivity index (χ0) is 15.9. The lowest BCUT2D eigenvalue weighted by Gasteiger charge is -2.37. The molecule has 2 atom stereocenters.